The summed E-state index contributed by atoms with van der Waals surface area (Å²) < 4.78 is 29.1. The van der Waals surface area contributed by atoms with Gasteiger partial charge in [-0.05, 0) is 61.1 Å². The summed E-state index contributed by atoms with van der Waals surface area (Å²) in [5, 5.41) is 2.31. The molecule has 2 aromatic rings. The van der Waals surface area contributed by atoms with Gasteiger partial charge in [0.15, 0.2) is 5.78 Å². The van der Waals surface area contributed by atoms with Crippen LogP contribution in [-0.4, -0.2) is 42.1 Å². The van der Waals surface area contributed by atoms with E-state index in [9.17, 15) is 23.2 Å². The normalized spacial score (nSPS) is 13.2. The highest BCUT2D eigenvalue weighted by Gasteiger charge is 2.33. The first-order valence-electron chi connectivity index (χ1n) is 9.89. The van der Waals surface area contributed by atoms with Gasteiger partial charge in [-0.15, -0.1) is 0 Å². The molecule has 0 spiro atoms. The summed E-state index contributed by atoms with van der Waals surface area (Å²) in [6, 6.07) is 8.84. The van der Waals surface area contributed by atoms with Gasteiger partial charge >= 0.3 is 0 Å². The molecule has 2 amide bonds. The largest absolute Gasteiger partial charge is 0.350 e. The van der Waals surface area contributed by atoms with Crippen molar-refractivity contribution in [2.75, 3.05) is 13.1 Å². The smallest absolute Gasteiger partial charge is 0.242 e. The lowest BCUT2D eigenvalue weighted by molar-refractivity contribution is -0.137. The number of ketones is 1. The van der Waals surface area contributed by atoms with Crippen molar-refractivity contribution in [1.82, 2.24) is 10.2 Å². The lowest BCUT2D eigenvalue weighted by atomic mass is 9.84. The molecule has 0 atom stereocenters. The first-order chi connectivity index (χ1) is 14.3. The molecule has 2 aromatic carbocycles. The molecule has 3 rings (SSSR count). The average Bonchev–Trinajstić information content (AvgIpc) is 2.88. The predicted molar refractivity (Wildman–Crippen MR) is 108 cm³/mol. The van der Waals surface area contributed by atoms with E-state index in [4.69, 9.17) is 0 Å². The number of hydrogen-bond acceptors (Lipinski definition) is 3. The van der Waals surface area contributed by atoms with Gasteiger partial charge in [0.2, 0.25) is 12.3 Å². The second-order valence-electron chi connectivity index (χ2n) is 7.63. The maximum absolute atomic E-state index is 14.6. The summed E-state index contributed by atoms with van der Waals surface area (Å²) in [5.41, 5.74) is 1.81. The lowest BCUT2D eigenvalue weighted by Gasteiger charge is -2.29. The first-order valence-corrected chi connectivity index (χ1v) is 9.89. The fraction of sp³-hybridized carbons (Fsp3) is 0.348. The average molecular weight is 414 g/mol. The summed E-state index contributed by atoms with van der Waals surface area (Å²) in [7, 11) is 0. The van der Waals surface area contributed by atoms with Crippen molar-refractivity contribution in [3.63, 3.8) is 0 Å². The third kappa shape index (κ3) is 4.25. The Bertz CT molecular complexity index is 921. The van der Waals surface area contributed by atoms with Crippen LogP contribution in [0.2, 0.25) is 0 Å². The Balaban J connectivity index is 2.04. The minimum absolute atomic E-state index is 0.226. The molecule has 0 aliphatic heterocycles. The Morgan fingerprint density at radius 2 is 1.60 bits per heavy atom. The number of carbonyl (C=O) groups is 3. The van der Waals surface area contributed by atoms with Crippen molar-refractivity contribution < 1.29 is 23.2 Å². The van der Waals surface area contributed by atoms with Crippen molar-refractivity contribution >= 4 is 18.1 Å². The van der Waals surface area contributed by atoms with Crippen molar-refractivity contribution in [3.05, 3.63) is 70.3 Å². The molecule has 0 unspecified atom stereocenters. The molecule has 30 heavy (non-hydrogen) atoms. The molecule has 1 aliphatic rings. The number of nitrogens with one attached hydrogen (secondary N) is 1. The Kier molecular flexibility index (Phi) is 6.59. The van der Waals surface area contributed by atoms with Crippen LogP contribution in [0.25, 0.3) is 0 Å². The van der Waals surface area contributed by atoms with Crippen LogP contribution in [0.5, 0.6) is 0 Å². The topological polar surface area (TPSA) is 66.5 Å². The second kappa shape index (κ2) is 9.15. The zero-order valence-corrected chi connectivity index (χ0v) is 17.0. The van der Waals surface area contributed by atoms with Gasteiger partial charge in [0, 0.05) is 6.04 Å². The number of halogens is 2. The van der Waals surface area contributed by atoms with Gasteiger partial charge < -0.3 is 10.2 Å². The van der Waals surface area contributed by atoms with Gasteiger partial charge in [0.25, 0.3) is 0 Å². The van der Waals surface area contributed by atoms with E-state index in [-0.39, 0.29) is 37.8 Å². The van der Waals surface area contributed by atoms with Gasteiger partial charge in [-0.1, -0.05) is 24.3 Å². The van der Waals surface area contributed by atoms with Gasteiger partial charge in [0.1, 0.15) is 11.6 Å². The molecular weight excluding hydrogens is 390 g/mol. The zero-order valence-electron chi connectivity index (χ0n) is 17.0. The minimum atomic E-state index is -0.878. The van der Waals surface area contributed by atoms with E-state index in [1.54, 1.807) is 26.0 Å². The summed E-state index contributed by atoms with van der Waals surface area (Å²) in [4.78, 5) is 37.8. The van der Waals surface area contributed by atoms with Gasteiger partial charge in [-0.3, -0.25) is 14.4 Å². The van der Waals surface area contributed by atoms with Crippen LogP contribution in [0.15, 0.2) is 36.4 Å². The Hall–Kier alpha value is -3.09. The van der Waals surface area contributed by atoms with E-state index in [1.807, 2.05) is 0 Å². The zero-order chi connectivity index (χ0) is 21.8. The maximum Gasteiger partial charge on any atom is 0.242 e. The molecule has 7 heteroatoms. The van der Waals surface area contributed by atoms with E-state index in [0.717, 1.165) is 0 Å². The number of fused-ring (bicyclic) bond motifs is 2. The van der Waals surface area contributed by atoms with Crippen LogP contribution in [0.3, 0.4) is 0 Å². The molecule has 0 fully saturated rings. The molecule has 0 aromatic heterocycles. The molecule has 158 valence electrons. The lowest BCUT2D eigenvalue weighted by Crippen LogP contribution is -2.45. The molecule has 0 bridgehead atoms. The van der Waals surface area contributed by atoms with Crippen molar-refractivity contribution in [2.24, 2.45) is 0 Å². The number of Topliss-reactive ketones (excluding diaryl/α,β-unsaturated/α-hetero) is 1. The molecule has 0 radical (unpaired) electrons. The Morgan fingerprint density at radius 1 is 1.07 bits per heavy atom. The summed E-state index contributed by atoms with van der Waals surface area (Å²) in [5.74, 6) is -2.46. The fourth-order valence-electron chi connectivity index (χ4n) is 4.03. The summed E-state index contributed by atoms with van der Waals surface area (Å²) in [6.45, 7) is 3.07. The SMILES string of the molecule is CC(C)N(CC(=O)C1c2cccc(F)c2CCc2c(F)cccc21)C(=O)CNC=O. The van der Waals surface area contributed by atoms with E-state index in [0.29, 0.717) is 28.7 Å². The molecule has 1 N–H and O–H groups in total. The first kappa shape index (κ1) is 21.6. The molecule has 1 aliphatic carbocycles. The van der Waals surface area contributed by atoms with E-state index >= 15 is 0 Å². The highest BCUT2D eigenvalue weighted by molar-refractivity contribution is 5.94. The monoisotopic (exact) mass is 414 g/mol. The van der Waals surface area contributed by atoms with Crippen molar-refractivity contribution in [2.45, 2.75) is 38.6 Å². The van der Waals surface area contributed by atoms with Crippen LogP contribution in [0.1, 0.15) is 42.0 Å². The molecule has 0 saturated carbocycles. The van der Waals surface area contributed by atoms with Gasteiger partial charge in [-0.25, -0.2) is 8.78 Å². The van der Waals surface area contributed by atoms with Crippen LogP contribution < -0.4 is 5.32 Å². The summed E-state index contributed by atoms with van der Waals surface area (Å²) >= 11 is 0. The molecule has 0 heterocycles. The van der Waals surface area contributed by atoms with Crippen LogP contribution in [0, 0.1) is 11.6 Å². The Morgan fingerprint density at radius 3 is 2.07 bits per heavy atom. The van der Waals surface area contributed by atoms with Crippen LogP contribution >= 0.6 is 0 Å². The van der Waals surface area contributed by atoms with Crippen LogP contribution in [-0.2, 0) is 27.2 Å². The van der Waals surface area contributed by atoms with E-state index in [1.165, 1.54) is 29.2 Å². The maximum atomic E-state index is 14.6. The predicted octanol–water partition coefficient (Wildman–Crippen LogP) is 2.75. The van der Waals surface area contributed by atoms with E-state index < -0.39 is 23.5 Å². The number of rotatable bonds is 7. The molecule has 0 saturated heterocycles. The van der Waals surface area contributed by atoms with Gasteiger partial charge in [-0.2, -0.15) is 0 Å². The third-order valence-electron chi connectivity index (χ3n) is 5.49. The number of carbonyl (C=O) groups excluding carboxylic acids is 3. The van der Waals surface area contributed by atoms with Crippen LogP contribution in [0.4, 0.5) is 8.78 Å². The third-order valence-corrected chi connectivity index (χ3v) is 5.49. The fourth-order valence-corrected chi connectivity index (χ4v) is 4.03. The molecule has 5 nitrogen and oxygen atoms in total. The number of benzene rings is 2. The summed E-state index contributed by atoms with van der Waals surface area (Å²) in [6.07, 6.45) is 0.993. The number of nitrogens with zero attached hydrogens (tertiary/aromatic N) is 1. The second-order valence-corrected chi connectivity index (χ2v) is 7.63. The highest BCUT2D eigenvalue weighted by atomic mass is 19.1. The highest BCUT2D eigenvalue weighted by Crippen LogP contribution is 2.37. The quantitative estimate of drug-likeness (QED) is 0.709. The number of hydrogen-bond donors (Lipinski definition) is 1. The number of amides is 2. The Labute approximate surface area is 174 Å². The standard InChI is InChI=1S/C23H24F2N2O3/c1-14(2)27(22(30)11-26-13-28)12-21(29)23-17-5-3-7-19(24)15(17)9-10-16-18(23)6-4-8-20(16)25/h3-8,13-14,23H,9-12H2,1-2H3,(H,26,28). The molecular formula is C23H24F2N2O3. The van der Waals surface area contributed by atoms with Crippen molar-refractivity contribution in [1.29, 1.82) is 0 Å². The van der Waals surface area contributed by atoms with Crippen molar-refractivity contribution in [3.8, 4) is 0 Å². The van der Waals surface area contributed by atoms with E-state index in [2.05, 4.69) is 5.32 Å². The minimum Gasteiger partial charge on any atom is -0.350 e. The van der Waals surface area contributed by atoms with Gasteiger partial charge in [0.05, 0.1) is 19.0 Å².